The van der Waals surface area contributed by atoms with E-state index < -0.39 is 0 Å². The summed E-state index contributed by atoms with van der Waals surface area (Å²) in [5, 5.41) is 4.34. The summed E-state index contributed by atoms with van der Waals surface area (Å²) in [6.07, 6.45) is 3.58. The molecule has 0 saturated carbocycles. The molecule has 1 amide bonds. The van der Waals surface area contributed by atoms with Crippen molar-refractivity contribution >= 4 is 16.8 Å². The first-order valence-corrected chi connectivity index (χ1v) is 14.2. The van der Waals surface area contributed by atoms with Crippen LogP contribution in [0.15, 0.2) is 115 Å². The Bertz CT molecular complexity index is 1520. The smallest absolute Gasteiger partial charge is 0.220 e. The zero-order valence-corrected chi connectivity index (χ0v) is 23.4. The maximum Gasteiger partial charge on any atom is 0.220 e. The van der Waals surface area contributed by atoms with Crippen LogP contribution >= 0.6 is 0 Å². The number of aromatic nitrogens is 1. The van der Waals surface area contributed by atoms with E-state index in [4.69, 9.17) is 4.74 Å². The Balaban J connectivity index is 1.48. The number of hydrogen-bond acceptors (Lipinski definition) is 2. The van der Waals surface area contributed by atoms with Gasteiger partial charge in [0.05, 0.1) is 0 Å². The van der Waals surface area contributed by atoms with Crippen molar-refractivity contribution in [1.29, 1.82) is 0 Å². The van der Waals surface area contributed by atoms with E-state index in [0.717, 1.165) is 35.4 Å². The molecule has 4 nitrogen and oxygen atoms in total. The van der Waals surface area contributed by atoms with E-state index in [-0.39, 0.29) is 11.8 Å². The third kappa shape index (κ3) is 7.01. The fourth-order valence-corrected chi connectivity index (χ4v) is 5.19. The lowest BCUT2D eigenvalue weighted by molar-refractivity contribution is -0.121. The normalized spacial score (nSPS) is 12.0. The highest BCUT2D eigenvalue weighted by molar-refractivity contribution is 5.87. The molecule has 0 bridgehead atoms. The van der Waals surface area contributed by atoms with Crippen LogP contribution in [0.4, 0.5) is 0 Å². The average Bonchev–Trinajstić information content (AvgIpc) is 3.34. The predicted molar refractivity (Wildman–Crippen MR) is 164 cm³/mol. The maximum absolute atomic E-state index is 13.3. The first-order valence-electron chi connectivity index (χ1n) is 14.2. The van der Waals surface area contributed by atoms with Gasteiger partial charge in [-0.3, -0.25) is 4.79 Å². The van der Waals surface area contributed by atoms with Crippen molar-refractivity contribution in [2.24, 2.45) is 5.92 Å². The summed E-state index contributed by atoms with van der Waals surface area (Å²) >= 11 is 0. The lowest BCUT2D eigenvalue weighted by atomic mass is 9.88. The Hall–Kier alpha value is -4.31. The number of benzene rings is 4. The third-order valence-electron chi connectivity index (χ3n) is 7.33. The molecule has 1 heterocycles. The topological polar surface area (TPSA) is 43.3 Å². The van der Waals surface area contributed by atoms with Gasteiger partial charge in [0.25, 0.3) is 0 Å². The van der Waals surface area contributed by atoms with Crippen LogP contribution in [0.3, 0.4) is 0 Å². The van der Waals surface area contributed by atoms with E-state index >= 15 is 0 Å². The molecular formula is C36H38N2O2. The highest BCUT2D eigenvalue weighted by Gasteiger charge is 2.23. The van der Waals surface area contributed by atoms with Crippen molar-refractivity contribution < 1.29 is 9.53 Å². The highest BCUT2D eigenvalue weighted by atomic mass is 16.5. The molecule has 1 N–H and O–H groups in total. The fourth-order valence-electron chi connectivity index (χ4n) is 5.19. The van der Waals surface area contributed by atoms with E-state index in [1.807, 2.05) is 36.4 Å². The zero-order valence-electron chi connectivity index (χ0n) is 23.4. The minimum atomic E-state index is -0.110. The number of nitrogens with zero attached hydrogens (tertiary/aromatic N) is 1. The van der Waals surface area contributed by atoms with Gasteiger partial charge < -0.3 is 14.6 Å². The van der Waals surface area contributed by atoms with Crippen molar-refractivity contribution in [3.05, 3.63) is 138 Å². The second kappa shape index (κ2) is 13.2. The Morgan fingerprint density at radius 1 is 0.825 bits per heavy atom. The monoisotopic (exact) mass is 530 g/mol. The highest BCUT2D eigenvalue weighted by Crippen LogP contribution is 2.36. The first kappa shape index (κ1) is 27.3. The number of nitrogens with one attached hydrogen (secondary N) is 1. The van der Waals surface area contributed by atoms with Gasteiger partial charge in [-0.25, -0.2) is 0 Å². The summed E-state index contributed by atoms with van der Waals surface area (Å²) in [7, 11) is 0. The number of hydrogen-bond donors (Lipinski definition) is 1. The quantitative estimate of drug-likeness (QED) is 0.178. The van der Waals surface area contributed by atoms with Gasteiger partial charge in [-0.2, -0.15) is 0 Å². The summed E-state index contributed by atoms with van der Waals surface area (Å²) < 4.78 is 8.49. The zero-order chi connectivity index (χ0) is 27.7. The van der Waals surface area contributed by atoms with Crippen LogP contribution in [-0.2, 0) is 17.9 Å². The van der Waals surface area contributed by atoms with Gasteiger partial charge in [0.2, 0.25) is 5.91 Å². The molecule has 5 aromatic rings. The molecule has 0 aliphatic heterocycles. The van der Waals surface area contributed by atoms with E-state index in [1.54, 1.807) is 0 Å². The fraction of sp³-hybridized carbons (Fsp3) is 0.250. The van der Waals surface area contributed by atoms with Crippen LogP contribution in [0, 0.1) is 5.92 Å². The molecule has 1 unspecified atom stereocenters. The Labute approximate surface area is 237 Å². The van der Waals surface area contributed by atoms with Crippen molar-refractivity contribution in [3.63, 3.8) is 0 Å². The minimum absolute atomic E-state index is 0.0705. The predicted octanol–water partition coefficient (Wildman–Crippen LogP) is 7.95. The van der Waals surface area contributed by atoms with Gasteiger partial charge in [-0.05, 0) is 52.8 Å². The lowest BCUT2D eigenvalue weighted by Crippen LogP contribution is -2.27. The second-order valence-electron chi connectivity index (χ2n) is 10.9. The number of ether oxygens (including phenoxy) is 1. The van der Waals surface area contributed by atoms with Gasteiger partial charge in [0, 0.05) is 42.5 Å². The standard InChI is InChI=1S/C36H38N2O2/c1-27(2)20-21-37-36(39)23-33(30-16-11-17-31(22-30)40-26-29-14-7-4-8-15-29)34-25-38(24-28-12-5-3-6-13-28)35-19-10-9-18-32(34)35/h3-19,22,25,27,33H,20-21,23-24,26H2,1-2H3,(H,37,39). The van der Waals surface area contributed by atoms with Crippen molar-refractivity contribution in [2.45, 2.75) is 45.8 Å². The number of para-hydroxylation sites is 1. The van der Waals surface area contributed by atoms with Gasteiger partial charge in [0.1, 0.15) is 12.4 Å². The minimum Gasteiger partial charge on any atom is -0.489 e. The van der Waals surface area contributed by atoms with Crippen LogP contribution in [0.25, 0.3) is 10.9 Å². The van der Waals surface area contributed by atoms with E-state index in [9.17, 15) is 4.79 Å². The maximum atomic E-state index is 13.3. The largest absolute Gasteiger partial charge is 0.489 e. The van der Waals surface area contributed by atoms with Gasteiger partial charge in [-0.1, -0.05) is 105 Å². The molecule has 0 aliphatic rings. The third-order valence-corrected chi connectivity index (χ3v) is 7.33. The van der Waals surface area contributed by atoms with E-state index in [2.05, 4.69) is 103 Å². The molecule has 5 rings (SSSR count). The molecule has 0 radical (unpaired) electrons. The molecule has 4 aromatic carbocycles. The summed E-state index contributed by atoms with van der Waals surface area (Å²) in [5.74, 6) is 1.31. The summed E-state index contributed by atoms with van der Waals surface area (Å²) in [6, 6.07) is 37.4. The SMILES string of the molecule is CC(C)CCNC(=O)CC(c1cccc(OCc2ccccc2)c1)c1cn(Cc2ccccc2)c2ccccc12. The lowest BCUT2D eigenvalue weighted by Gasteiger charge is -2.19. The number of amides is 1. The molecule has 0 fully saturated rings. The first-order chi connectivity index (χ1) is 19.6. The number of rotatable bonds is 12. The second-order valence-corrected chi connectivity index (χ2v) is 10.9. The van der Waals surface area contributed by atoms with Crippen molar-refractivity contribution in [3.8, 4) is 5.75 Å². The van der Waals surface area contributed by atoms with Crippen LogP contribution in [0.1, 0.15) is 54.9 Å². The van der Waals surface area contributed by atoms with Crippen molar-refractivity contribution in [2.75, 3.05) is 6.54 Å². The molecule has 0 spiro atoms. The molecule has 0 aliphatic carbocycles. The number of carbonyl (C=O) groups is 1. The molecule has 204 valence electrons. The van der Waals surface area contributed by atoms with Gasteiger partial charge >= 0.3 is 0 Å². The van der Waals surface area contributed by atoms with E-state index in [0.29, 0.717) is 25.5 Å². The van der Waals surface area contributed by atoms with Crippen LogP contribution in [0.2, 0.25) is 0 Å². The summed E-state index contributed by atoms with van der Waals surface area (Å²) in [5.41, 5.74) is 5.77. The van der Waals surface area contributed by atoms with E-state index in [1.165, 1.54) is 16.5 Å². The van der Waals surface area contributed by atoms with Crippen molar-refractivity contribution in [1.82, 2.24) is 9.88 Å². The molecule has 4 heteroatoms. The average molecular weight is 531 g/mol. The van der Waals surface area contributed by atoms with Crippen LogP contribution in [-0.4, -0.2) is 17.0 Å². The summed E-state index contributed by atoms with van der Waals surface area (Å²) in [6.45, 7) is 6.32. The molecule has 1 atom stereocenters. The molecular weight excluding hydrogens is 492 g/mol. The molecule has 40 heavy (non-hydrogen) atoms. The van der Waals surface area contributed by atoms with Gasteiger partial charge in [0.15, 0.2) is 0 Å². The Morgan fingerprint density at radius 2 is 1.52 bits per heavy atom. The Morgan fingerprint density at radius 3 is 2.27 bits per heavy atom. The van der Waals surface area contributed by atoms with Gasteiger partial charge in [-0.15, -0.1) is 0 Å². The molecule has 0 saturated heterocycles. The van der Waals surface area contributed by atoms with Crippen LogP contribution in [0.5, 0.6) is 5.75 Å². The van der Waals surface area contributed by atoms with Crippen LogP contribution < -0.4 is 10.1 Å². The summed E-state index contributed by atoms with van der Waals surface area (Å²) in [4.78, 5) is 13.3. The Kier molecular flexibility index (Phi) is 8.97. The number of carbonyl (C=O) groups excluding carboxylic acids is 1. The number of fused-ring (bicyclic) bond motifs is 1. The molecule has 1 aromatic heterocycles.